The van der Waals surface area contributed by atoms with Gasteiger partial charge in [0.2, 0.25) is 5.91 Å². The van der Waals surface area contributed by atoms with Crippen LogP contribution in [0.15, 0.2) is 12.5 Å². The predicted molar refractivity (Wildman–Crippen MR) is 168 cm³/mol. The topological polar surface area (TPSA) is 204 Å². The Morgan fingerprint density at radius 2 is 1.31 bits per heavy atom. The Morgan fingerprint density at radius 1 is 0.800 bits per heavy atom. The molecule has 6 N–H and O–H groups in total. The predicted octanol–water partition coefficient (Wildman–Crippen LogP) is 2.80. The average Bonchev–Trinajstić information content (AvgIpc) is 3.35. The summed E-state index contributed by atoms with van der Waals surface area (Å²) in [6.07, 6.45) is 4.32. The van der Waals surface area contributed by atoms with Crippen molar-refractivity contribution in [3.8, 4) is 0 Å². The van der Waals surface area contributed by atoms with E-state index in [1.807, 2.05) is 6.92 Å². The highest BCUT2D eigenvalue weighted by Crippen LogP contribution is 2.15. The molecule has 0 saturated heterocycles. The second-order valence-corrected chi connectivity index (χ2v) is 14.1. The first-order valence-electron chi connectivity index (χ1n) is 15.3. The number of hydrogen-bond acceptors (Lipinski definition) is 10. The van der Waals surface area contributed by atoms with Crippen molar-refractivity contribution in [1.82, 2.24) is 25.9 Å². The number of nitrogens with one attached hydrogen (secondary N) is 4. The highest BCUT2D eigenvalue weighted by Gasteiger charge is 2.31. The van der Waals surface area contributed by atoms with E-state index in [1.54, 1.807) is 68.5 Å². The third kappa shape index (κ3) is 18.0. The summed E-state index contributed by atoms with van der Waals surface area (Å²) in [5, 5.41) is 8.01. The van der Waals surface area contributed by atoms with Crippen LogP contribution in [-0.2, 0) is 39.8 Å². The van der Waals surface area contributed by atoms with E-state index in [1.165, 1.54) is 6.33 Å². The Labute approximate surface area is 266 Å². The largest absolute Gasteiger partial charge is 0.460 e. The molecular weight excluding hydrogens is 584 g/mol. The van der Waals surface area contributed by atoms with E-state index in [0.29, 0.717) is 19.3 Å². The Hall–Kier alpha value is -3.68. The van der Waals surface area contributed by atoms with Gasteiger partial charge in [-0.2, -0.15) is 0 Å². The maximum Gasteiger partial charge on any atom is 0.329 e. The zero-order valence-electron chi connectivity index (χ0n) is 28.5. The second kappa shape index (κ2) is 17.1. The lowest BCUT2D eigenvalue weighted by atomic mass is 10.0. The molecule has 0 spiro atoms. The minimum atomic E-state index is -1.18. The lowest BCUT2D eigenvalue weighted by Gasteiger charge is -2.27. The van der Waals surface area contributed by atoms with Gasteiger partial charge < -0.3 is 40.9 Å². The van der Waals surface area contributed by atoms with Gasteiger partial charge in [-0.25, -0.2) is 19.4 Å². The third-order valence-electron chi connectivity index (χ3n) is 5.90. The Morgan fingerprint density at radius 3 is 1.78 bits per heavy atom. The van der Waals surface area contributed by atoms with Crippen LogP contribution in [0.1, 0.15) is 107 Å². The smallest absolute Gasteiger partial charge is 0.329 e. The molecule has 4 atom stereocenters. The van der Waals surface area contributed by atoms with Crippen LogP contribution in [0.4, 0.5) is 4.79 Å². The van der Waals surface area contributed by atoms with Gasteiger partial charge in [-0.05, 0) is 94.9 Å². The van der Waals surface area contributed by atoms with Crippen molar-refractivity contribution in [2.24, 2.45) is 5.73 Å². The monoisotopic (exact) mass is 638 g/mol. The van der Waals surface area contributed by atoms with Crippen molar-refractivity contribution in [1.29, 1.82) is 0 Å². The molecule has 0 fully saturated rings. The van der Waals surface area contributed by atoms with E-state index in [4.69, 9.17) is 19.9 Å². The second-order valence-electron chi connectivity index (χ2n) is 14.1. The first-order valence-corrected chi connectivity index (χ1v) is 15.3. The minimum absolute atomic E-state index is 0.0753. The normalized spacial score (nSPS) is 14.7. The summed E-state index contributed by atoms with van der Waals surface area (Å²) >= 11 is 0. The number of esters is 3. The summed E-state index contributed by atoms with van der Waals surface area (Å²) in [4.78, 5) is 70.7. The molecule has 1 aromatic heterocycles. The zero-order chi connectivity index (χ0) is 34.6. The summed E-state index contributed by atoms with van der Waals surface area (Å²) in [5.74, 6) is -2.24. The molecule has 0 aliphatic rings. The van der Waals surface area contributed by atoms with E-state index in [-0.39, 0.29) is 31.2 Å². The highest BCUT2D eigenvalue weighted by molar-refractivity contribution is 5.87. The zero-order valence-corrected chi connectivity index (χ0v) is 28.5. The minimum Gasteiger partial charge on any atom is -0.460 e. The number of nitrogens with two attached hydrogens (primary N) is 1. The van der Waals surface area contributed by atoms with Crippen molar-refractivity contribution in [3.05, 3.63) is 18.2 Å². The summed E-state index contributed by atoms with van der Waals surface area (Å²) in [6, 6.07) is -4.07. The number of aromatic amines is 1. The highest BCUT2D eigenvalue weighted by atomic mass is 16.6. The molecule has 1 rings (SSSR count). The van der Waals surface area contributed by atoms with Crippen LogP contribution >= 0.6 is 0 Å². The molecule has 14 nitrogen and oxygen atoms in total. The standard InChI is InChI=1S/C31H54N6O8/c1-19(35-25(39)21(32)16-20-17-33-18-34-20)12-11-13-22(26(40)44-30(5,6)7)36-28(42)37-23(27(41)45-31(8,9)10)14-15-24(38)43-29(2,3)4/h17-19,21-23H,11-16,32H2,1-10H3,(H,33,34)(H,35,39)(H2,36,37,42)/t19?,21-,22+,23+/m1/s1. The van der Waals surface area contributed by atoms with Crippen LogP contribution in [0.5, 0.6) is 0 Å². The molecule has 1 unspecified atom stereocenters. The molecular formula is C31H54N6O8. The number of ether oxygens (including phenoxy) is 3. The molecule has 0 saturated carbocycles. The maximum absolute atomic E-state index is 13.1. The van der Waals surface area contributed by atoms with E-state index >= 15 is 0 Å². The molecule has 256 valence electrons. The fourth-order valence-corrected chi connectivity index (χ4v) is 4.03. The number of H-pyrrole nitrogens is 1. The number of aromatic nitrogens is 2. The molecule has 3 amide bonds. The number of nitrogens with zero attached hydrogens (tertiary/aromatic N) is 1. The molecule has 0 bridgehead atoms. The number of urea groups is 1. The van der Waals surface area contributed by atoms with Crippen LogP contribution in [0.25, 0.3) is 0 Å². The first-order chi connectivity index (χ1) is 20.5. The van der Waals surface area contributed by atoms with Crippen molar-refractivity contribution in [2.75, 3.05) is 0 Å². The van der Waals surface area contributed by atoms with Gasteiger partial charge in [0, 0.05) is 30.8 Å². The number of hydrogen-bond donors (Lipinski definition) is 5. The number of rotatable bonds is 15. The average molecular weight is 639 g/mol. The first kappa shape index (κ1) is 39.3. The summed E-state index contributed by atoms with van der Waals surface area (Å²) in [7, 11) is 0. The van der Waals surface area contributed by atoms with Crippen molar-refractivity contribution >= 4 is 29.8 Å². The summed E-state index contributed by atoms with van der Waals surface area (Å²) < 4.78 is 16.3. The molecule has 14 heteroatoms. The SMILES string of the molecule is CC(CCC[C@H](NC(=O)N[C@@H](CCC(=O)OC(C)(C)C)C(=O)OC(C)(C)C)C(=O)OC(C)(C)C)NC(=O)[C@H](N)Cc1cnc[nH]1. The molecule has 0 radical (unpaired) electrons. The number of carbonyl (C=O) groups is 5. The lowest BCUT2D eigenvalue weighted by molar-refractivity contribution is -0.159. The molecule has 0 aromatic carbocycles. The van der Waals surface area contributed by atoms with Crippen LogP contribution in [0, 0.1) is 0 Å². The van der Waals surface area contributed by atoms with Gasteiger partial charge in [0.1, 0.15) is 28.9 Å². The van der Waals surface area contributed by atoms with Crippen molar-refractivity contribution < 1.29 is 38.2 Å². The van der Waals surface area contributed by atoms with Crippen molar-refractivity contribution in [2.45, 2.75) is 149 Å². The quantitative estimate of drug-likeness (QED) is 0.140. The molecule has 1 aromatic rings. The van der Waals surface area contributed by atoms with E-state index in [0.717, 1.165) is 5.69 Å². The fraction of sp³-hybridized carbons (Fsp3) is 0.742. The summed E-state index contributed by atoms with van der Waals surface area (Å²) in [5.41, 5.74) is 4.39. The van der Waals surface area contributed by atoms with Crippen molar-refractivity contribution in [3.63, 3.8) is 0 Å². The van der Waals surface area contributed by atoms with Gasteiger partial charge in [-0.15, -0.1) is 0 Å². The molecule has 0 aliphatic heterocycles. The Bertz CT molecular complexity index is 1120. The molecule has 0 aliphatic carbocycles. The molecule has 45 heavy (non-hydrogen) atoms. The van der Waals surface area contributed by atoms with Crippen LogP contribution in [0.3, 0.4) is 0 Å². The number of carbonyl (C=O) groups excluding carboxylic acids is 5. The van der Waals surface area contributed by atoms with Crippen LogP contribution in [-0.4, -0.2) is 80.8 Å². The Balaban J connectivity index is 2.87. The number of amides is 3. The lowest BCUT2D eigenvalue weighted by Crippen LogP contribution is -2.53. The summed E-state index contributed by atoms with van der Waals surface area (Å²) in [6.45, 7) is 17.2. The maximum atomic E-state index is 13.1. The molecule has 1 heterocycles. The fourth-order valence-electron chi connectivity index (χ4n) is 4.03. The van der Waals surface area contributed by atoms with Gasteiger partial charge in [-0.3, -0.25) is 9.59 Å². The van der Waals surface area contributed by atoms with Crippen LogP contribution < -0.4 is 21.7 Å². The van der Waals surface area contributed by atoms with Crippen LogP contribution in [0.2, 0.25) is 0 Å². The third-order valence-corrected chi connectivity index (χ3v) is 5.90. The van der Waals surface area contributed by atoms with Gasteiger partial charge in [0.05, 0.1) is 12.4 Å². The Kier molecular flexibility index (Phi) is 15.0. The van der Waals surface area contributed by atoms with E-state index in [9.17, 15) is 24.0 Å². The van der Waals surface area contributed by atoms with Gasteiger partial charge >= 0.3 is 23.9 Å². The van der Waals surface area contributed by atoms with Gasteiger partial charge in [0.15, 0.2) is 0 Å². The van der Waals surface area contributed by atoms with Gasteiger partial charge in [-0.1, -0.05) is 0 Å². The van der Waals surface area contributed by atoms with E-state index < -0.39 is 58.9 Å². The number of imidazole rings is 1. The van der Waals surface area contributed by atoms with E-state index in [2.05, 4.69) is 25.9 Å². The van der Waals surface area contributed by atoms with Gasteiger partial charge in [0.25, 0.3) is 0 Å².